The zero-order chi connectivity index (χ0) is 21.3. The number of hydrogen-bond donors (Lipinski definition) is 0. The number of Topliss-reactive ketones (excluding diaryl/α,β-unsaturated/α-hetero) is 1. The lowest BCUT2D eigenvalue weighted by Crippen LogP contribution is -2.44. The maximum atomic E-state index is 13.1. The lowest BCUT2D eigenvalue weighted by atomic mass is 10.1. The van der Waals surface area contributed by atoms with Gasteiger partial charge in [0.2, 0.25) is 0 Å². The van der Waals surface area contributed by atoms with Crippen LogP contribution in [-0.2, 0) is 11.3 Å². The molecule has 0 fully saturated rings. The maximum absolute atomic E-state index is 13.1. The normalized spacial score (nSPS) is 13.9. The highest BCUT2D eigenvalue weighted by atomic mass is 35.5. The fourth-order valence-electron chi connectivity index (χ4n) is 3.11. The van der Waals surface area contributed by atoms with Crippen LogP contribution in [0.5, 0.6) is 0 Å². The first kappa shape index (κ1) is 20.7. The van der Waals surface area contributed by atoms with Crippen molar-refractivity contribution < 1.29 is 27.7 Å². The van der Waals surface area contributed by atoms with Gasteiger partial charge in [-0.2, -0.15) is 13.2 Å². The lowest BCUT2D eigenvalue weighted by Gasteiger charge is -2.28. The Hall–Kier alpha value is -2.98. The molecule has 1 heterocycles. The van der Waals surface area contributed by atoms with Crippen molar-refractivity contribution in [2.45, 2.75) is 12.7 Å². The molecule has 0 spiro atoms. The number of carbonyl (C=O) groups excluding carboxylic acids is 2. The first-order valence-electron chi connectivity index (χ1n) is 8.24. The summed E-state index contributed by atoms with van der Waals surface area (Å²) in [7, 11) is 0. The molecule has 0 N–H and O–H groups in total. The number of nitro groups is 1. The van der Waals surface area contributed by atoms with E-state index in [1.54, 1.807) is 0 Å². The Labute approximate surface area is 167 Å². The van der Waals surface area contributed by atoms with E-state index in [1.807, 2.05) is 0 Å². The molecule has 1 aliphatic rings. The average Bonchev–Trinajstić information content (AvgIpc) is 2.86. The number of carbonyl (C=O) groups is 2. The van der Waals surface area contributed by atoms with Crippen LogP contribution in [-0.4, -0.2) is 40.9 Å². The highest BCUT2D eigenvalue weighted by molar-refractivity contribution is 6.55. The minimum Gasteiger partial charge on any atom is -0.291 e. The molecule has 29 heavy (non-hydrogen) atoms. The van der Waals surface area contributed by atoms with Gasteiger partial charge in [0, 0.05) is 18.2 Å². The highest BCUT2D eigenvalue weighted by Crippen LogP contribution is 2.34. The van der Waals surface area contributed by atoms with Gasteiger partial charge >= 0.3 is 12.1 Å². The van der Waals surface area contributed by atoms with E-state index in [-0.39, 0.29) is 27.5 Å². The molecular weight excluding hydrogens is 415 g/mol. The first-order valence-corrected chi connectivity index (χ1v) is 8.62. The van der Waals surface area contributed by atoms with Crippen molar-refractivity contribution >= 4 is 34.7 Å². The van der Waals surface area contributed by atoms with E-state index in [9.17, 15) is 32.9 Å². The van der Waals surface area contributed by atoms with E-state index in [2.05, 4.69) is 0 Å². The van der Waals surface area contributed by atoms with E-state index in [1.165, 1.54) is 42.5 Å². The van der Waals surface area contributed by atoms with Crippen LogP contribution >= 0.6 is 11.6 Å². The Morgan fingerprint density at radius 2 is 1.79 bits per heavy atom. The standard InChI is InChI=1S/C18H13ClF3N3O4/c19-12-5-3-7-14-15(12)16(26)17(27)24(14)10-23(9-18(20,21)22)8-11-4-1-2-6-13(11)25(28)29/h1-7H,8-10H2. The molecule has 2 aromatic carbocycles. The van der Waals surface area contributed by atoms with Crippen molar-refractivity contribution in [1.29, 1.82) is 0 Å². The van der Waals surface area contributed by atoms with Gasteiger partial charge in [0.1, 0.15) is 0 Å². The monoisotopic (exact) mass is 427 g/mol. The zero-order valence-corrected chi connectivity index (χ0v) is 15.4. The summed E-state index contributed by atoms with van der Waals surface area (Å²) in [4.78, 5) is 36.7. The fourth-order valence-corrected chi connectivity index (χ4v) is 3.37. The topological polar surface area (TPSA) is 83.8 Å². The van der Waals surface area contributed by atoms with Gasteiger partial charge in [0.25, 0.3) is 11.5 Å². The summed E-state index contributed by atoms with van der Waals surface area (Å²) in [6.07, 6.45) is -4.63. The van der Waals surface area contributed by atoms with Gasteiger partial charge in [0.15, 0.2) is 0 Å². The number of ketones is 1. The largest absolute Gasteiger partial charge is 0.401 e. The smallest absolute Gasteiger partial charge is 0.291 e. The number of nitrogens with zero attached hydrogens (tertiary/aromatic N) is 3. The van der Waals surface area contributed by atoms with Gasteiger partial charge in [-0.15, -0.1) is 0 Å². The molecule has 7 nitrogen and oxygen atoms in total. The van der Waals surface area contributed by atoms with Crippen molar-refractivity contribution in [2.24, 2.45) is 0 Å². The molecule has 0 unspecified atom stereocenters. The molecule has 152 valence electrons. The molecule has 1 aliphatic heterocycles. The van der Waals surface area contributed by atoms with E-state index < -0.39 is 42.5 Å². The summed E-state index contributed by atoms with van der Waals surface area (Å²) >= 11 is 5.96. The molecule has 0 saturated heterocycles. The Morgan fingerprint density at radius 1 is 1.10 bits per heavy atom. The van der Waals surface area contributed by atoms with Gasteiger partial charge < -0.3 is 0 Å². The van der Waals surface area contributed by atoms with E-state index >= 15 is 0 Å². The van der Waals surface area contributed by atoms with Crippen LogP contribution in [0.15, 0.2) is 42.5 Å². The van der Waals surface area contributed by atoms with Crippen LogP contribution in [0.4, 0.5) is 24.5 Å². The van der Waals surface area contributed by atoms with Gasteiger partial charge in [-0.05, 0) is 12.1 Å². The summed E-state index contributed by atoms with van der Waals surface area (Å²) < 4.78 is 39.3. The summed E-state index contributed by atoms with van der Waals surface area (Å²) in [5, 5.41) is 11.2. The number of alkyl halides is 3. The van der Waals surface area contributed by atoms with E-state index in [0.717, 1.165) is 9.80 Å². The summed E-state index contributed by atoms with van der Waals surface area (Å²) in [5.41, 5.74) is -0.267. The molecular formula is C18H13ClF3N3O4. The number of amides is 1. The molecule has 2 aromatic rings. The molecule has 1 amide bonds. The van der Waals surface area contributed by atoms with Gasteiger partial charge in [0.05, 0.1) is 34.4 Å². The van der Waals surface area contributed by atoms with Gasteiger partial charge in [-0.3, -0.25) is 29.5 Å². The number of para-hydroxylation sites is 1. The molecule has 0 aliphatic carbocycles. The lowest BCUT2D eigenvalue weighted by molar-refractivity contribution is -0.385. The second-order valence-electron chi connectivity index (χ2n) is 6.33. The number of benzene rings is 2. The summed E-state index contributed by atoms with van der Waals surface area (Å²) in [6.45, 7) is -2.49. The Morgan fingerprint density at radius 3 is 2.45 bits per heavy atom. The quantitative estimate of drug-likeness (QED) is 0.398. The molecule has 0 atom stereocenters. The third-order valence-electron chi connectivity index (χ3n) is 4.28. The van der Waals surface area contributed by atoms with Crippen LogP contribution in [0.1, 0.15) is 15.9 Å². The average molecular weight is 428 g/mol. The second-order valence-corrected chi connectivity index (χ2v) is 6.73. The third-order valence-corrected chi connectivity index (χ3v) is 4.59. The minimum absolute atomic E-state index is 0.0180. The molecule has 11 heteroatoms. The van der Waals surface area contributed by atoms with Crippen molar-refractivity contribution in [1.82, 2.24) is 4.90 Å². The number of nitro benzene ring substituents is 1. The van der Waals surface area contributed by atoms with E-state index in [4.69, 9.17) is 11.6 Å². The number of anilines is 1. The molecule has 0 aromatic heterocycles. The fraction of sp³-hybridized carbons (Fsp3) is 0.222. The summed E-state index contributed by atoms with van der Waals surface area (Å²) in [6, 6.07) is 9.65. The third kappa shape index (κ3) is 4.38. The Balaban J connectivity index is 1.94. The van der Waals surface area contributed by atoms with Crippen molar-refractivity contribution in [3.05, 3.63) is 68.7 Å². The van der Waals surface area contributed by atoms with Crippen LogP contribution in [0, 0.1) is 10.1 Å². The van der Waals surface area contributed by atoms with Crippen molar-refractivity contribution in [3.8, 4) is 0 Å². The van der Waals surface area contributed by atoms with Crippen LogP contribution in [0.2, 0.25) is 5.02 Å². The zero-order valence-electron chi connectivity index (χ0n) is 14.6. The van der Waals surface area contributed by atoms with Crippen LogP contribution < -0.4 is 4.90 Å². The number of halogens is 4. The first-order chi connectivity index (χ1) is 13.6. The Kier molecular flexibility index (Phi) is 5.58. The molecule has 3 rings (SSSR count). The summed E-state index contributed by atoms with van der Waals surface area (Å²) in [5.74, 6) is -1.92. The van der Waals surface area contributed by atoms with Crippen LogP contribution in [0.25, 0.3) is 0 Å². The predicted molar refractivity (Wildman–Crippen MR) is 97.7 cm³/mol. The molecule has 0 radical (unpaired) electrons. The van der Waals surface area contributed by atoms with Crippen molar-refractivity contribution in [2.75, 3.05) is 18.1 Å². The molecule has 0 bridgehead atoms. The number of fused-ring (bicyclic) bond motifs is 1. The van der Waals surface area contributed by atoms with E-state index in [0.29, 0.717) is 0 Å². The molecule has 0 saturated carbocycles. The SMILES string of the molecule is O=C1C(=O)N(CN(Cc2ccccc2[N+](=O)[O-])CC(F)(F)F)c2cccc(Cl)c21. The maximum Gasteiger partial charge on any atom is 0.401 e. The van der Waals surface area contributed by atoms with Gasteiger partial charge in [-0.1, -0.05) is 35.9 Å². The number of rotatable bonds is 6. The Bertz CT molecular complexity index is 997. The number of hydrogen-bond acceptors (Lipinski definition) is 5. The van der Waals surface area contributed by atoms with Crippen molar-refractivity contribution in [3.63, 3.8) is 0 Å². The minimum atomic E-state index is -4.63. The van der Waals surface area contributed by atoms with Gasteiger partial charge in [-0.25, -0.2) is 0 Å². The predicted octanol–water partition coefficient (Wildman–Crippen LogP) is 3.80. The second kappa shape index (κ2) is 7.80. The highest BCUT2D eigenvalue weighted by Gasteiger charge is 2.40. The van der Waals surface area contributed by atoms with Crippen LogP contribution in [0.3, 0.4) is 0 Å².